The lowest BCUT2D eigenvalue weighted by Gasteiger charge is -2.16. The monoisotopic (exact) mass is 434 g/mol. The van der Waals surface area contributed by atoms with Gasteiger partial charge >= 0.3 is 0 Å². The van der Waals surface area contributed by atoms with E-state index in [9.17, 15) is 9.59 Å². The van der Waals surface area contributed by atoms with Gasteiger partial charge in [0.05, 0.1) is 11.4 Å². The Kier molecular flexibility index (Phi) is 6.34. The zero-order valence-electron chi connectivity index (χ0n) is 17.4. The van der Waals surface area contributed by atoms with Crippen LogP contribution in [0.15, 0.2) is 60.0 Å². The second kappa shape index (κ2) is 9.32. The number of carbonyl (C=O) groups excluding carboxylic acids is 2. The summed E-state index contributed by atoms with van der Waals surface area (Å²) in [5.41, 5.74) is 9.98. The van der Waals surface area contributed by atoms with Gasteiger partial charge in [-0.1, -0.05) is 24.3 Å². The van der Waals surface area contributed by atoms with Gasteiger partial charge in [0.15, 0.2) is 0 Å². The number of hydrogen-bond acceptors (Lipinski definition) is 5. The number of nitrogens with two attached hydrogens (primary N) is 1. The minimum absolute atomic E-state index is 0.0174. The number of amides is 2. The molecule has 1 aliphatic heterocycles. The van der Waals surface area contributed by atoms with Crippen molar-refractivity contribution in [1.29, 1.82) is 0 Å². The van der Waals surface area contributed by atoms with Crippen molar-refractivity contribution in [3.8, 4) is 10.4 Å². The molecule has 6 nitrogen and oxygen atoms in total. The smallest absolute Gasteiger partial charge is 0.255 e. The fraction of sp³-hybridized carbons (Fsp3) is 0.250. The molecule has 2 amide bonds. The first-order valence-electron chi connectivity index (χ1n) is 10.3. The average Bonchev–Trinajstić information content (AvgIpc) is 3.42. The quantitative estimate of drug-likeness (QED) is 0.513. The Labute approximate surface area is 186 Å². The van der Waals surface area contributed by atoms with Gasteiger partial charge in [0.2, 0.25) is 5.91 Å². The summed E-state index contributed by atoms with van der Waals surface area (Å²) in [4.78, 5) is 27.4. The second-order valence-corrected chi connectivity index (χ2v) is 8.80. The van der Waals surface area contributed by atoms with E-state index in [0.717, 1.165) is 42.1 Å². The lowest BCUT2D eigenvalue weighted by atomic mass is 10.1. The van der Waals surface area contributed by atoms with Crippen LogP contribution in [0.1, 0.15) is 29.3 Å². The van der Waals surface area contributed by atoms with Crippen LogP contribution in [0.3, 0.4) is 0 Å². The number of thiophene rings is 1. The number of rotatable bonds is 6. The number of hydrogen-bond donors (Lipinski definition) is 3. The average molecular weight is 435 g/mol. The minimum Gasteiger partial charge on any atom is -0.397 e. The molecule has 2 heterocycles. The molecule has 0 radical (unpaired) electrons. The largest absolute Gasteiger partial charge is 0.397 e. The summed E-state index contributed by atoms with van der Waals surface area (Å²) >= 11 is 1.65. The summed E-state index contributed by atoms with van der Waals surface area (Å²) in [6.45, 7) is 4.15. The Morgan fingerprint density at radius 2 is 1.97 bits per heavy atom. The number of likely N-dealkylation sites (tertiary alicyclic amines) is 1. The van der Waals surface area contributed by atoms with E-state index in [1.165, 1.54) is 0 Å². The van der Waals surface area contributed by atoms with Gasteiger partial charge in [0, 0.05) is 43.0 Å². The molecule has 0 spiro atoms. The third-order valence-corrected chi connectivity index (χ3v) is 6.33. The van der Waals surface area contributed by atoms with Crippen molar-refractivity contribution < 1.29 is 9.59 Å². The highest BCUT2D eigenvalue weighted by Gasteiger charge is 2.22. The lowest BCUT2D eigenvalue weighted by Crippen LogP contribution is -2.35. The number of nitrogens with zero attached hydrogens (tertiary/aromatic N) is 1. The summed E-state index contributed by atoms with van der Waals surface area (Å²) in [6, 6.07) is 17.6. The number of nitrogens with one attached hydrogen (secondary N) is 2. The van der Waals surface area contributed by atoms with E-state index in [-0.39, 0.29) is 17.9 Å². The first-order chi connectivity index (χ1) is 15.0. The minimum atomic E-state index is -0.187. The molecule has 3 aromatic rings. The van der Waals surface area contributed by atoms with Crippen LogP contribution in [0.4, 0.5) is 11.4 Å². The molecule has 0 aliphatic carbocycles. The molecule has 1 aromatic heterocycles. The Morgan fingerprint density at radius 1 is 1.16 bits per heavy atom. The van der Waals surface area contributed by atoms with E-state index in [1.54, 1.807) is 18.3 Å². The number of anilines is 2. The van der Waals surface area contributed by atoms with Crippen LogP contribution in [-0.2, 0) is 11.3 Å². The standard InChI is InChI=1S/C24H26N4O2S/c1-16(29)26-20-10-11-28(15-20)14-17-4-6-18(7-5-17)24(30)27-22-13-19(8-9-21(22)25)23-3-2-12-31-23/h2-9,12-13,20H,10-11,14-15,25H2,1H3,(H,26,29)(H,27,30)/t20-/m1/s1. The van der Waals surface area contributed by atoms with E-state index in [4.69, 9.17) is 5.73 Å². The van der Waals surface area contributed by atoms with Gasteiger partial charge in [-0.3, -0.25) is 14.5 Å². The van der Waals surface area contributed by atoms with Gasteiger partial charge in [-0.05, 0) is 53.3 Å². The summed E-state index contributed by atoms with van der Waals surface area (Å²) in [6.07, 6.45) is 0.964. The van der Waals surface area contributed by atoms with Gasteiger partial charge in [-0.2, -0.15) is 0 Å². The summed E-state index contributed by atoms with van der Waals surface area (Å²) < 4.78 is 0. The molecule has 160 valence electrons. The highest BCUT2D eigenvalue weighted by molar-refractivity contribution is 7.13. The Hall–Kier alpha value is -3.16. The molecule has 0 bridgehead atoms. The SMILES string of the molecule is CC(=O)N[C@@H]1CCN(Cc2ccc(C(=O)Nc3cc(-c4cccs4)ccc3N)cc2)C1. The lowest BCUT2D eigenvalue weighted by molar-refractivity contribution is -0.119. The summed E-state index contributed by atoms with van der Waals surface area (Å²) in [5, 5.41) is 7.94. The van der Waals surface area contributed by atoms with E-state index < -0.39 is 0 Å². The molecule has 31 heavy (non-hydrogen) atoms. The maximum absolute atomic E-state index is 12.8. The first kappa shape index (κ1) is 21.1. The zero-order chi connectivity index (χ0) is 21.8. The van der Waals surface area contributed by atoms with Crippen LogP contribution in [0.2, 0.25) is 0 Å². The molecule has 1 saturated heterocycles. The number of benzene rings is 2. The Morgan fingerprint density at radius 3 is 2.68 bits per heavy atom. The number of carbonyl (C=O) groups is 2. The van der Waals surface area contributed by atoms with Crippen LogP contribution in [0.5, 0.6) is 0 Å². The van der Waals surface area contributed by atoms with Gasteiger partial charge < -0.3 is 16.4 Å². The van der Waals surface area contributed by atoms with E-state index in [0.29, 0.717) is 16.9 Å². The maximum Gasteiger partial charge on any atom is 0.255 e. The summed E-state index contributed by atoms with van der Waals surface area (Å²) in [7, 11) is 0. The van der Waals surface area contributed by atoms with E-state index >= 15 is 0 Å². The normalized spacial score (nSPS) is 16.2. The molecule has 1 atom stereocenters. The van der Waals surface area contributed by atoms with Crippen molar-refractivity contribution >= 4 is 34.5 Å². The van der Waals surface area contributed by atoms with Crippen molar-refractivity contribution in [3.63, 3.8) is 0 Å². The van der Waals surface area contributed by atoms with Crippen molar-refractivity contribution in [1.82, 2.24) is 10.2 Å². The van der Waals surface area contributed by atoms with Gasteiger partial charge in [-0.15, -0.1) is 11.3 Å². The third kappa shape index (κ3) is 5.31. The topological polar surface area (TPSA) is 87.5 Å². The molecule has 1 aliphatic rings. The Balaban J connectivity index is 1.38. The van der Waals surface area contributed by atoms with E-state index in [2.05, 4.69) is 15.5 Å². The molecule has 4 N–H and O–H groups in total. The first-order valence-corrected chi connectivity index (χ1v) is 11.2. The van der Waals surface area contributed by atoms with Gasteiger partial charge in [-0.25, -0.2) is 0 Å². The third-order valence-electron chi connectivity index (χ3n) is 5.41. The molecule has 0 unspecified atom stereocenters. The van der Waals surface area contributed by atoms with Gasteiger partial charge in [0.1, 0.15) is 0 Å². The summed E-state index contributed by atoms with van der Waals surface area (Å²) in [5.74, 6) is -0.169. The van der Waals surface area contributed by atoms with Crippen LogP contribution < -0.4 is 16.4 Å². The fourth-order valence-corrected chi connectivity index (χ4v) is 4.58. The van der Waals surface area contributed by atoms with Crippen LogP contribution in [0.25, 0.3) is 10.4 Å². The molecular weight excluding hydrogens is 408 g/mol. The number of nitrogen functional groups attached to an aromatic ring is 1. The Bertz CT molecular complexity index is 1060. The molecule has 0 saturated carbocycles. The molecule has 2 aromatic carbocycles. The second-order valence-electron chi connectivity index (χ2n) is 7.85. The molecule has 4 rings (SSSR count). The van der Waals surface area contributed by atoms with Crippen molar-refractivity contribution in [2.45, 2.75) is 25.9 Å². The molecule has 7 heteroatoms. The highest BCUT2D eigenvalue weighted by Crippen LogP contribution is 2.30. The van der Waals surface area contributed by atoms with E-state index in [1.807, 2.05) is 60.0 Å². The van der Waals surface area contributed by atoms with Gasteiger partial charge in [0.25, 0.3) is 5.91 Å². The van der Waals surface area contributed by atoms with Crippen LogP contribution >= 0.6 is 11.3 Å². The van der Waals surface area contributed by atoms with Crippen molar-refractivity contribution in [2.75, 3.05) is 24.1 Å². The van der Waals surface area contributed by atoms with Crippen LogP contribution in [0, 0.1) is 0 Å². The van der Waals surface area contributed by atoms with Crippen molar-refractivity contribution in [2.24, 2.45) is 0 Å². The predicted molar refractivity (Wildman–Crippen MR) is 126 cm³/mol. The molecule has 1 fully saturated rings. The predicted octanol–water partition coefficient (Wildman–Crippen LogP) is 3.96. The highest BCUT2D eigenvalue weighted by atomic mass is 32.1. The zero-order valence-corrected chi connectivity index (χ0v) is 18.2. The maximum atomic E-state index is 12.8. The fourth-order valence-electron chi connectivity index (χ4n) is 3.86. The van der Waals surface area contributed by atoms with Crippen LogP contribution in [-0.4, -0.2) is 35.8 Å². The van der Waals surface area contributed by atoms with Crippen molar-refractivity contribution in [3.05, 3.63) is 71.1 Å². The molecular formula is C24H26N4O2S.